The smallest absolute Gasteiger partial charge is 0.118 e. The zero-order chi connectivity index (χ0) is 13.7. The molecule has 1 aliphatic carbocycles. The normalized spacial score (nSPS) is 24.4. The van der Waals surface area contributed by atoms with Gasteiger partial charge in [0.15, 0.2) is 0 Å². The van der Waals surface area contributed by atoms with E-state index in [1.807, 2.05) is 0 Å². The fourth-order valence-corrected chi connectivity index (χ4v) is 3.15. The van der Waals surface area contributed by atoms with Crippen molar-refractivity contribution in [2.45, 2.75) is 45.6 Å². The van der Waals surface area contributed by atoms with Crippen molar-refractivity contribution in [1.82, 2.24) is 5.32 Å². The average Bonchev–Trinajstić information content (AvgIpc) is 2.86. The number of rotatable bonds is 6. The van der Waals surface area contributed by atoms with Crippen LogP contribution in [0.5, 0.6) is 5.75 Å². The predicted octanol–water partition coefficient (Wildman–Crippen LogP) is 4.17. The average molecular weight is 261 g/mol. The number of hydrogen-bond donors (Lipinski definition) is 1. The van der Waals surface area contributed by atoms with Crippen LogP contribution in [-0.2, 0) is 0 Å². The Hall–Kier alpha value is -1.02. The molecule has 0 spiro atoms. The number of methoxy groups -OCH3 is 1. The highest BCUT2D eigenvalue weighted by molar-refractivity contribution is 5.29. The van der Waals surface area contributed by atoms with Gasteiger partial charge in [0, 0.05) is 6.04 Å². The topological polar surface area (TPSA) is 21.3 Å². The van der Waals surface area contributed by atoms with E-state index in [1.54, 1.807) is 7.11 Å². The van der Waals surface area contributed by atoms with Crippen molar-refractivity contribution in [3.05, 3.63) is 29.8 Å². The largest absolute Gasteiger partial charge is 0.497 e. The number of nitrogens with one attached hydrogen (secondary N) is 1. The molecule has 2 heteroatoms. The summed E-state index contributed by atoms with van der Waals surface area (Å²) in [7, 11) is 1.71. The van der Waals surface area contributed by atoms with Gasteiger partial charge in [0.2, 0.25) is 0 Å². The fourth-order valence-electron chi connectivity index (χ4n) is 3.15. The van der Waals surface area contributed by atoms with Crippen molar-refractivity contribution < 1.29 is 4.74 Å². The Kier molecular flexibility index (Phi) is 5.26. The summed E-state index contributed by atoms with van der Waals surface area (Å²) in [5.41, 5.74) is 1.37. The molecule has 1 aliphatic rings. The quantitative estimate of drug-likeness (QED) is 0.829. The van der Waals surface area contributed by atoms with E-state index in [0.717, 1.165) is 30.6 Å². The van der Waals surface area contributed by atoms with Crippen molar-refractivity contribution in [3.63, 3.8) is 0 Å². The van der Waals surface area contributed by atoms with Crippen LogP contribution in [-0.4, -0.2) is 13.7 Å². The molecule has 3 atom stereocenters. The molecule has 1 N–H and O–H groups in total. The maximum Gasteiger partial charge on any atom is 0.118 e. The molecule has 0 saturated heterocycles. The van der Waals surface area contributed by atoms with Gasteiger partial charge in [-0.3, -0.25) is 0 Å². The molecule has 0 aromatic heterocycles. The van der Waals surface area contributed by atoms with Crippen LogP contribution < -0.4 is 10.1 Å². The molecule has 0 amide bonds. The Morgan fingerprint density at radius 2 is 2.00 bits per heavy atom. The van der Waals surface area contributed by atoms with E-state index < -0.39 is 0 Å². The van der Waals surface area contributed by atoms with Gasteiger partial charge >= 0.3 is 0 Å². The third kappa shape index (κ3) is 3.73. The Bertz CT molecular complexity index is 373. The standard InChI is InChI=1S/C17H27NO/c1-4-17(14-8-10-16(19-3)11-9-14)18-12-15-7-5-6-13(15)2/h8-11,13,15,17-18H,4-7,12H2,1-3H3. The molecule has 0 bridgehead atoms. The van der Waals surface area contributed by atoms with Gasteiger partial charge in [0.1, 0.15) is 5.75 Å². The van der Waals surface area contributed by atoms with E-state index in [-0.39, 0.29) is 0 Å². The first kappa shape index (κ1) is 14.4. The Labute approximate surface area is 117 Å². The summed E-state index contributed by atoms with van der Waals surface area (Å²) in [5, 5.41) is 3.75. The highest BCUT2D eigenvalue weighted by atomic mass is 16.5. The molecule has 2 nitrogen and oxygen atoms in total. The zero-order valence-corrected chi connectivity index (χ0v) is 12.5. The Balaban J connectivity index is 1.91. The Morgan fingerprint density at radius 3 is 2.53 bits per heavy atom. The van der Waals surface area contributed by atoms with E-state index in [9.17, 15) is 0 Å². The minimum atomic E-state index is 0.471. The van der Waals surface area contributed by atoms with Gasteiger partial charge < -0.3 is 10.1 Å². The highest BCUT2D eigenvalue weighted by Gasteiger charge is 2.23. The van der Waals surface area contributed by atoms with Crippen LogP contribution in [0.25, 0.3) is 0 Å². The summed E-state index contributed by atoms with van der Waals surface area (Å²) in [6.45, 7) is 5.80. The van der Waals surface area contributed by atoms with Crippen LogP contribution in [0.15, 0.2) is 24.3 Å². The van der Waals surface area contributed by atoms with Gasteiger partial charge in [-0.15, -0.1) is 0 Å². The summed E-state index contributed by atoms with van der Waals surface area (Å²) < 4.78 is 5.22. The first-order chi connectivity index (χ1) is 9.24. The van der Waals surface area contributed by atoms with Crippen LogP contribution in [0.4, 0.5) is 0 Å². The lowest BCUT2D eigenvalue weighted by atomic mass is 9.96. The van der Waals surface area contributed by atoms with Crippen molar-refractivity contribution in [1.29, 1.82) is 0 Å². The molecule has 0 radical (unpaired) electrons. The number of ether oxygens (including phenoxy) is 1. The van der Waals surface area contributed by atoms with Gasteiger partial charge in [-0.25, -0.2) is 0 Å². The van der Waals surface area contributed by atoms with Gasteiger partial charge in [0.05, 0.1) is 7.11 Å². The maximum absolute atomic E-state index is 5.22. The Morgan fingerprint density at radius 1 is 1.26 bits per heavy atom. The number of benzene rings is 1. The van der Waals surface area contributed by atoms with E-state index >= 15 is 0 Å². The predicted molar refractivity (Wildman–Crippen MR) is 80.5 cm³/mol. The summed E-state index contributed by atoms with van der Waals surface area (Å²) >= 11 is 0. The lowest BCUT2D eigenvalue weighted by molar-refractivity contribution is 0.365. The van der Waals surface area contributed by atoms with E-state index in [1.165, 1.54) is 24.8 Å². The first-order valence-electron chi connectivity index (χ1n) is 7.62. The molecule has 0 heterocycles. The van der Waals surface area contributed by atoms with Crippen LogP contribution in [0, 0.1) is 11.8 Å². The van der Waals surface area contributed by atoms with Gasteiger partial charge in [-0.1, -0.05) is 38.8 Å². The summed E-state index contributed by atoms with van der Waals surface area (Å²) in [6, 6.07) is 8.94. The van der Waals surface area contributed by atoms with Crippen molar-refractivity contribution in [2.75, 3.05) is 13.7 Å². The first-order valence-corrected chi connectivity index (χ1v) is 7.62. The highest BCUT2D eigenvalue weighted by Crippen LogP contribution is 2.31. The third-order valence-corrected chi connectivity index (χ3v) is 4.59. The van der Waals surface area contributed by atoms with Crippen LogP contribution in [0.1, 0.15) is 51.1 Å². The lowest BCUT2D eigenvalue weighted by Gasteiger charge is -2.22. The molecule has 1 fully saturated rings. The van der Waals surface area contributed by atoms with Gasteiger partial charge in [0.25, 0.3) is 0 Å². The second-order valence-electron chi connectivity index (χ2n) is 5.81. The van der Waals surface area contributed by atoms with Crippen LogP contribution in [0.3, 0.4) is 0 Å². The molecule has 19 heavy (non-hydrogen) atoms. The van der Waals surface area contributed by atoms with Gasteiger partial charge in [-0.05, 0) is 48.9 Å². The molecule has 0 aliphatic heterocycles. The van der Waals surface area contributed by atoms with Crippen molar-refractivity contribution >= 4 is 0 Å². The number of hydrogen-bond acceptors (Lipinski definition) is 2. The molecule has 1 aromatic rings. The summed E-state index contributed by atoms with van der Waals surface area (Å²) in [5.74, 6) is 2.69. The van der Waals surface area contributed by atoms with Gasteiger partial charge in [-0.2, -0.15) is 0 Å². The molecule has 3 unspecified atom stereocenters. The van der Waals surface area contributed by atoms with Crippen LogP contribution >= 0.6 is 0 Å². The molecule has 2 rings (SSSR count). The molecular formula is C17H27NO. The maximum atomic E-state index is 5.22. The van der Waals surface area contributed by atoms with Crippen molar-refractivity contribution in [3.8, 4) is 5.75 Å². The summed E-state index contributed by atoms with van der Waals surface area (Å²) in [6.07, 6.45) is 5.35. The zero-order valence-electron chi connectivity index (χ0n) is 12.5. The second-order valence-corrected chi connectivity index (χ2v) is 5.81. The minimum Gasteiger partial charge on any atom is -0.497 e. The van der Waals surface area contributed by atoms with E-state index in [4.69, 9.17) is 4.74 Å². The van der Waals surface area contributed by atoms with Crippen LogP contribution in [0.2, 0.25) is 0 Å². The minimum absolute atomic E-state index is 0.471. The van der Waals surface area contributed by atoms with E-state index in [0.29, 0.717) is 6.04 Å². The third-order valence-electron chi connectivity index (χ3n) is 4.59. The second kappa shape index (κ2) is 6.95. The van der Waals surface area contributed by atoms with Crippen molar-refractivity contribution in [2.24, 2.45) is 11.8 Å². The molecule has 1 aromatic carbocycles. The molecular weight excluding hydrogens is 234 g/mol. The van der Waals surface area contributed by atoms with E-state index in [2.05, 4.69) is 43.4 Å². The monoisotopic (exact) mass is 261 g/mol. The molecule has 1 saturated carbocycles. The summed E-state index contributed by atoms with van der Waals surface area (Å²) in [4.78, 5) is 0. The lowest BCUT2D eigenvalue weighted by Crippen LogP contribution is -2.28. The SMILES string of the molecule is CCC(NCC1CCCC1C)c1ccc(OC)cc1. The fraction of sp³-hybridized carbons (Fsp3) is 0.647. The molecule has 106 valence electrons.